The van der Waals surface area contributed by atoms with Gasteiger partial charge in [-0.25, -0.2) is 0 Å². The van der Waals surface area contributed by atoms with Crippen molar-refractivity contribution in [3.63, 3.8) is 0 Å². The SMILES string of the molecule is CC(C)CC(O)c1ccc(C2CCCCC2)cc1. The summed E-state index contributed by atoms with van der Waals surface area (Å²) in [5, 5.41) is 10.1. The third kappa shape index (κ3) is 3.58. The van der Waals surface area contributed by atoms with Crippen LogP contribution in [0.15, 0.2) is 24.3 Å². The van der Waals surface area contributed by atoms with Gasteiger partial charge >= 0.3 is 0 Å². The quantitative estimate of drug-likeness (QED) is 0.808. The molecule has 100 valence electrons. The smallest absolute Gasteiger partial charge is 0.0792 e. The standard InChI is InChI=1S/C17H26O/c1-13(2)12-17(18)16-10-8-15(9-11-16)14-6-4-3-5-7-14/h8-11,13-14,17-18H,3-7,12H2,1-2H3. The third-order valence-corrected chi connectivity index (χ3v) is 4.09. The van der Waals surface area contributed by atoms with E-state index >= 15 is 0 Å². The Morgan fingerprint density at radius 3 is 2.22 bits per heavy atom. The summed E-state index contributed by atoms with van der Waals surface area (Å²) in [6.07, 6.45) is 7.39. The molecule has 0 saturated heterocycles. The Bertz CT molecular complexity index is 346. The lowest BCUT2D eigenvalue weighted by Crippen LogP contribution is -2.05. The van der Waals surface area contributed by atoms with Gasteiger partial charge < -0.3 is 5.11 Å². The second-order valence-corrected chi connectivity index (χ2v) is 6.15. The van der Waals surface area contributed by atoms with Gasteiger partial charge in [-0.1, -0.05) is 57.4 Å². The normalized spacial score (nSPS) is 19.1. The van der Waals surface area contributed by atoms with Crippen molar-refractivity contribution in [2.24, 2.45) is 5.92 Å². The summed E-state index contributed by atoms with van der Waals surface area (Å²) in [6, 6.07) is 8.71. The number of rotatable bonds is 4. The molecule has 0 heterocycles. The Balaban J connectivity index is 2.00. The summed E-state index contributed by atoms with van der Waals surface area (Å²) in [4.78, 5) is 0. The van der Waals surface area contributed by atoms with E-state index in [1.807, 2.05) is 0 Å². The molecule has 1 N–H and O–H groups in total. The van der Waals surface area contributed by atoms with E-state index in [0.717, 1.165) is 17.9 Å². The van der Waals surface area contributed by atoms with Gasteiger partial charge in [0.25, 0.3) is 0 Å². The second kappa shape index (κ2) is 6.38. The molecule has 0 radical (unpaired) electrons. The Kier molecular flexibility index (Phi) is 4.82. The van der Waals surface area contributed by atoms with Gasteiger partial charge in [0, 0.05) is 0 Å². The van der Waals surface area contributed by atoms with Crippen molar-refractivity contribution >= 4 is 0 Å². The molecule has 1 aromatic carbocycles. The fraction of sp³-hybridized carbons (Fsp3) is 0.647. The lowest BCUT2D eigenvalue weighted by atomic mass is 9.83. The summed E-state index contributed by atoms with van der Waals surface area (Å²) >= 11 is 0. The first-order valence-corrected chi connectivity index (χ1v) is 7.44. The maximum absolute atomic E-state index is 10.1. The zero-order valence-corrected chi connectivity index (χ0v) is 11.7. The lowest BCUT2D eigenvalue weighted by molar-refractivity contribution is 0.151. The fourth-order valence-corrected chi connectivity index (χ4v) is 3.01. The minimum atomic E-state index is -0.301. The summed E-state index contributed by atoms with van der Waals surface area (Å²) in [5.74, 6) is 1.30. The van der Waals surface area contributed by atoms with Crippen molar-refractivity contribution < 1.29 is 5.11 Å². The van der Waals surface area contributed by atoms with E-state index in [-0.39, 0.29) is 6.10 Å². The van der Waals surface area contributed by atoms with Crippen molar-refractivity contribution in [3.05, 3.63) is 35.4 Å². The first-order valence-electron chi connectivity index (χ1n) is 7.44. The van der Waals surface area contributed by atoms with Crippen LogP contribution in [0.4, 0.5) is 0 Å². The van der Waals surface area contributed by atoms with E-state index in [4.69, 9.17) is 0 Å². The highest BCUT2D eigenvalue weighted by Crippen LogP contribution is 2.33. The Hall–Kier alpha value is -0.820. The highest BCUT2D eigenvalue weighted by Gasteiger charge is 2.16. The summed E-state index contributed by atoms with van der Waals surface area (Å²) < 4.78 is 0. The lowest BCUT2D eigenvalue weighted by Gasteiger charge is -2.22. The van der Waals surface area contributed by atoms with Crippen LogP contribution in [0.3, 0.4) is 0 Å². The molecule has 1 heteroatoms. The molecule has 1 nitrogen and oxygen atoms in total. The second-order valence-electron chi connectivity index (χ2n) is 6.15. The maximum Gasteiger partial charge on any atom is 0.0792 e. The van der Waals surface area contributed by atoms with Crippen molar-refractivity contribution in [3.8, 4) is 0 Å². The third-order valence-electron chi connectivity index (χ3n) is 4.09. The molecule has 1 fully saturated rings. The zero-order valence-electron chi connectivity index (χ0n) is 11.7. The first kappa shape index (κ1) is 13.6. The van der Waals surface area contributed by atoms with Gasteiger partial charge in [-0.15, -0.1) is 0 Å². The predicted octanol–water partition coefficient (Wildman–Crippen LogP) is 4.81. The average molecular weight is 246 g/mol. The van der Waals surface area contributed by atoms with Crippen LogP contribution in [0.2, 0.25) is 0 Å². The van der Waals surface area contributed by atoms with Crippen molar-refractivity contribution in [2.75, 3.05) is 0 Å². The molecule has 0 bridgehead atoms. The van der Waals surface area contributed by atoms with Crippen molar-refractivity contribution in [1.82, 2.24) is 0 Å². The maximum atomic E-state index is 10.1. The van der Waals surface area contributed by atoms with E-state index < -0.39 is 0 Å². The number of hydrogen-bond acceptors (Lipinski definition) is 1. The van der Waals surface area contributed by atoms with Gasteiger partial charge in [-0.3, -0.25) is 0 Å². The van der Waals surface area contributed by atoms with E-state index in [1.165, 1.54) is 37.7 Å². The minimum Gasteiger partial charge on any atom is -0.388 e. The monoisotopic (exact) mass is 246 g/mol. The molecular formula is C17H26O. The van der Waals surface area contributed by atoms with Crippen LogP contribution in [-0.4, -0.2) is 5.11 Å². The molecule has 2 rings (SSSR count). The molecule has 18 heavy (non-hydrogen) atoms. The van der Waals surface area contributed by atoms with Gasteiger partial charge in [0.05, 0.1) is 6.10 Å². The molecule has 1 aliphatic carbocycles. The predicted molar refractivity (Wildman–Crippen MR) is 76.7 cm³/mol. The van der Waals surface area contributed by atoms with Crippen LogP contribution in [0.25, 0.3) is 0 Å². The molecule has 0 aromatic heterocycles. The zero-order chi connectivity index (χ0) is 13.0. The van der Waals surface area contributed by atoms with Gasteiger partial charge in [-0.05, 0) is 42.2 Å². The number of hydrogen-bond donors (Lipinski definition) is 1. The van der Waals surface area contributed by atoms with Crippen LogP contribution < -0.4 is 0 Å². The summed E-state index contributed by atoms with van der Waals surface area (Å²) in [6.45, 7) is 4.30. The number of aliphatic hydroxyl groups is 1. The molecule has 0 aliphatic heterocycles. The Morgan fingerprint density at radius 2 is 1.67 bits per heavy atom. The summed E-state index contributed by atoms with van der Waals surface area (Å²) in [5.41, 5.74) is 2.54. The number of aliphatic hydroxyl groups excluding tert-OH is 1. The van der Waals surface area contributed by atoms with Crippen LogP contribution in [0.1, 0.15) is 75.5 Å². The van der Waals surface area contributed by atoms with Gasteiger partial charge in [0.1, 0.15) is 0 Å². The van der Waals surface area contributed by atoms with E-state index in [9.17, 15) is 5.11 Å². The molecular weight excluding hydrogens is 220 g/mol. The summed E-state index contributed by atoms with van der Waals surface area (Å²) in [7, 11) is 0. The molecule has 1 unspecified atom stereocenters. The van der Waals surface area contributed by atoms with E-state index in [1.54, 1.807) is 0 Å². The molecule has 0 amide bonds. The van der Waals surface area contributed by atoms with Gasteiger partial charge in [0.15, 0.2) is 0 Å². The highest BCUT2D eigenvalue weighted by molar-refractivity contribution is 5.27. The molecule has 1 saturated carbocycles. The van der Waals surface area contributed by atoms with Crippen LogP contribution in [0.5, 0.6) is 0 Å². The highest BCUT2D eigenvalue weighted by atomic mass is 16.3. The van der Waals surface area contributed by atoms with E-state index in [2.05, 4.69) is 38.1 Å². The molecule has 1 aromatic rings. The Labute approximate surface area is 111 Å². The fourth-order valence-electron chi connectivity index (χ4n) is 3.01. The average Bonchev–Trinajstić information content (AvgIpc) is 2.39. The molecule has 1 atom stereocenters. The van der Waals surface area contributed by atoms with Gasteiger partial charge in [-0.2, -0.15) is 0 Å². The van der Waals surface area contributed by atoms with Gasteiger partial charge in [0.2, 0.25) is 0 Å². The molecule has 0 spiro atoms. The topological polar surface area (TPSA) is 20.2 Å². The minimum absolute atomic E-state index is 0.301. The van der Waals surface area contributed by atoms with Crippen molar-refractivity contribution in [1.29, 1.82) is 0 Å². The first-order chi connectivity index (χ1) is 8.66. The van der Waals surface area contributed by atoms with Crippen molar-refractivity contribution in [2.45, 2.75) is 64.4 Å². The van der Waals surface area contributed by atoms with E-state index in [0.29, 0.717) is 5.92 Å². The Morgan fingerprint density at radius 1 is 1.06 bits per heavy atom. The largest absolute Gasteiger partial charge is 0.388 e. The van der Waals surface area contributed by atoms with Crippen LogP contribution >= 0.6 is 0 Å². The van der Waals surface area contributed by atoms with Crippen LogP contribution in [0, 0.1) is 5.92 Å². The molecule has 1 aliphatic rings. The van der Waals surface area contributed by atoms with Crippen LogP contribution in [-0.2, 0) is 0 Å². The number of benzene rings is 1.